The average molecular weight is 472 g/mol. The molecule has 0 spiro atoms. The predicted octanol–water partition coefficient (Wildman–Crippen LogP) is 5.61. The Labute approximate surface area is 184 Å². The molecule has 0 saturated carbocycles. The van der Waals surface area contributed by atoms with Gasteiger partial charge in [0.15, 0.2) is 17.4 Å². The lowest BCUT2D eigenvalue weighted by Gasteiger charge is -2.13. The Kier molecular flexibility index (Phi) is 7.07. The number of aromatic nitrogens is 2. The number of methoxy groups -OCH3 is 1. The molecule has 3 aromatic rings. The summed E-state index contributed by atoms with van der Waals surface area (Å²) in [5, 5.41) is 0. The summed E-state index contributed by atoms with van der Waals surface area (Å²) in [6.45, 7) is 0.571. The minimum Gasteiger partial charge on any atom is -0.495 e. The van der Waals surface area contributed by atoms with Crippen molar-refractivity contribution in [1.82, 2.24) is 9.36 Å². The SMILES string of the molecule is COc1ccc(-c2nsc(C(F)(F)F)c2COc2c(F)cc(CCC(C)=O)cc2F)nc1. The maximum absolute atomic E-state index is 14.4. The van der Waals surface area contributed by atoms with Gasteiger partial charge >= 0.3 is 6.18 Å². The van der Waals surface area contributed by atoms with Gasteiger partial charge in [0.05, 0.1) is 19.0 Å². The molecule has 0 atom stereocenters. The molecule has 2 aromatic heterocycles. The fraction of sp³-hybridized carbons (Fsp3) is 0.286. The number of nitrogens with zero attached hydrogens (tertiary/aromatic N) is 2. The van der Waals surface area contributed by atoms with Crippen LogP contribution in [0, 0.1) is 11.6 Å². The molecule has 0 bridgehead atoms. The van der Waals surface area contributed by atoms with E-state index >= 15 is 0 Å². The maximum atomic E-state index is 14.4. The summed E-state index contributed by atoms with van der Waals surface area (Å²) in [4.78, 5) is 14.0. The first-order valence-corrected chi connectivity index (χ1v) is 10.0. The van der Waals surface area contributed by atoms with E-state index in [1.807, 2.05) is 0 Å². The van der Waals surface area contributed by atoms with Gasteiger partial charge in [0.2, 0.25) is 0 Å². The maximum Gasteiger partial charge on any atom is 0.427 e. The van der Waals surface area contributed by atoms with Crippen molar-refractivity contribution in [2.75, 3.05) is 7.11 Å². The average Bonchev–Trinajstić information content (AvgIpc) is 3.16. The van der Waals surface area contributed by atoms with Crippen LogP contribution in [0.5, 0.6) is 11.5 Å². The van der Waals surface area contributed by atoms with Gasteiger partial charge in [-0.15, -0.1) is 0 Å². The highest BCUT2D eigenvalue weighted by Gasteiger charge is 2.38. The number of hydrogen-bond acceptors (Lipinski definition) is 6. The zero-order chi connectivity index (χ0) is 23.5. The van der Waals surface area contributed by atoms with Gasteiger partial charge in [-0.3, -0.25) is 4.98 Å². The fourth-order valence-corrected chi connectivity index (χ4v) is 3.62. The lowest BCUT2D eigenvalue weighted by Crippen LogP contribution is -2.10. The second-order valence-corrected chi connectivity index (χ2v) is 7.57. The van der Waals surface area contributed by atoms with E-state index in [4.69, 9.17) is 9.47 Å². The van der Waals surface area contributed by atoms with Crippen LogP contribution in [0.25, 0.3) is 11.4 Å². The minimum absolute atomic E-state index is 0.104. The number of halogens is 5. The van der Waals surface area contributed by atoms with E-state index in [2.05, 4.69) is 9.36 Å². The molecule has 32 heavy (non-hydrogen) atoms. The topological polar surface area (TPSA) is 61.3 Å². The Morgan fingerprint density at radius 1 is 1.16 bits per heavy atom. The van der Waals surface area contributed by atoms with E-state index in [1.165, 1.54) is 32.4 Å². The van der Waals surface area contributed by atoms with E-state index in [1.54, 1.807) is 0 Å². The van der Waals surface area contributed by atoms with Crippen molar-refractivity contribution in [3.05, 3.63) is 58.1 Å². The van der Waals surface area contributed by atoms with Crippen LogP contribution in [0.15, 0.2) is 30.5 Å². The van der Waals surface area contributed by atoms with Crippen molar-refractivity contribution in [2.45, 2.75) is 32.5 Å². The van der Waals surface area contributed by atoms with Crippen molar-refractivity contribution in [3.8, 4) is 22.9 Å². The number of ether oxygens (including phenoxy) is 2. The van der Waals surface area contributed by atoms with Gasteiger partial charge in [0, 0.05) is 12.0 Å². The quantitative estimate of drug-likeness (QED) is 0.399. The monoisotopic (exact) mass is 472 g/mol. The number of alkyl halides is 3. The van der Waals surface area contributed by atoms with E-state index in [9.17, 15) is 26.7 Å². The summed E-state index contributed by atoms with van der Waals surface area (Å²) >= 11 is 0.197. The third kappa shape index (κ3) is 5.39. The van der Waals surface area contributed by atoms with Crippen molar-refractivity contribution >= 4 is 17.3 Å². The van der Waals surface area contributed by atoms with E-state index in [0.29, 0.717) is 5.75 Å². The number of pyridine rings is 1. The molecule has 3 rings (SSSR count). The minimum atomic E-state index is -4.74. The van der Waals surface area contributed by atoms with E-state index in [-0.39, 0.29) is 52.7 Å². The van der Waals surface area contributed by atoms with Gasteiger partial charge in [-0.1, -0.05) is 0 Å². The smallest absolute Gasteiger partial charge is 0.427 e. The van der Waals surface area contributed by atoms with E-state index < -0.39 is 35.0 Å². The van der Waals surface area contributed by atoms with Gasteiger partial charge in [-0.2, -0.15) is 17.5 Å². The van der Waals surface area contributed by atoms with Gasteiger partial charge in [0.1, 0.15) is 28.7 Å². The third-order valence-electron chi connectivity index (χ3n) is 4.44. The molecule has 0 unspecified atom stereocenters. The van der Waals surface area contributed by atoms with Crippen LogP contribution >= 0.6 is 11.5 Å². The van der Waals surface area contributed by atoms with Crippen LogP contribution in [0.1, 0.15) is 29.3 Å². The van der Waals surface area contributed by atoms with Crippen molar-refractivity contribution in [3.63, 3.8) is 0 Å². The largest absolute Gasteiger partial charge is 0.495 e. The zero-order valence-electron chi connectivity index (χ0n) is 16.9. The van der Waals surface area contributed by atoms with Gasteiger partial charge < -0.3 is 14.3 Å². The summed E-state index contributed by atoms with van der Waals surface area (Å²) in [7, 11) is 1.41. The molecule has 0 aliphatic heterocycles. The number of rotatable bonds is 8. The Morgan fingerprint density at radius 2 is 1.84 bits per heavy atom. The van der Waals surface area contributed by atoms with Crippen LogP contribution in [-0.4, -0.2) is 22.3 Å². The summed E-state index contributed by atoms with van der Waals surface area (Å²) in [6, 6.07) is 4.90. The normalized spacial score (nSPS) is 11.5. The predicted molar refractivity (Wildman–Crippen MR) is 107 cm³/mol. The number of carbonyl (C=O) groups excluding carboxylic acids is 1. The Morgan fingerprint density at radius 3 is 2.38 bits per heavy atom. The number of benzene rings is 1. The summed E-state index contributed by atoms with van der Waals surface area (Å²) < 4.78 is 83.2. The second-order valence-electron chi connectivity index (χ2n) is 6.80. The summed E-state index contributed by atoms with van der Waals surface area (Å²) in [5.74, 6) is -2.72. The molecule has 0 N–H and O–H groups in total. The van der Waals surface area contributed by atoms with Crippen molar-refractivity contribution in [2.24, 2.45) is 0 Å². The summed E-state index contributed by atoms with van der Waals surface area (Å²) in [5.41, 5.74) is -0.140. The lowest BCUT2D eigenvalue weighted by atomic mass is 10.1. The summed E-state index contributed by atoms with van der Waals surface area (Å²) in [6.07, 6.45) is -3.20. The molecule has 0 aliphatic carbocycles. The molecule has 0 aliphatic rings. The van der Waals surface area contributed by atoms with Crippen molar-refractivity contribution in [1.29, 1.82) is 0 Å². The first-order chi connectivity index (χ1) is 15.1. The molecule has 0 amide bonds. The molecular weight excluding hydrogens is 455 g/mol. The molecule has 0 radical (unpaired) electrons. The number of hydrogen-bond donors (Lipinski definition) is 0. The standard InChI is InChI=1S/C21H17F5N2O3S/c1-11(29)3-4-12-7-15(22)19(16(23)8-12)31-10-14-18(28-32-20(14)21(24,25)26)17-6-5-13(30-2)9-27-17/h5-9H,3-4,10H2,1-2H3. The van der Waals surface area contributed by atoms with Gasteiger partial charge in [0.25, 0.3) is 0 Å². The number of carbonyl (C=O) groups is 1. The van der Waals surface area contributed by atoms with Crippen LogP contribution in [0.3, 0.4) is 0 Å². The number of aryl methyl sites for hydroxylation is 1. The lowest BCUT2D eigenvalue weighted by molar-refractivity contribution is -0.135. The zero-order valence-corrected chi connectivity index (χ0v) is 17.7. The highest BCUT2D eigenvalue weighted by atomic mass is 32.1. The molecule has 11 heteroatoms. The molecule has 0 saturated heterocycles. The highest BCUT2D eigenvalue weighted by Crippen LogP contribution is 2.40. The Balaban J connectivity index is 1.91. The molecular formula is C21H17F5N2O3S. The van der Waals surface area contributed by atoms with Gasteiger partial charge in [-0.25, -0.2) is 8.78 Å². The molecule has 170 valence electrons. The van der Waals surface area contributed by atoms with Crippen molar-refractivity contribution < 1.29 is 36.2 Å². The first kappa shape index (κ1) is 23.6. The molecule has 5 nitrogen and oxygen atoms in total. The first-order valence-electron chi connectivity index (χ1n) is 9.26. The number of ketones is 1. The molecule has 2 heterocycles. The molecule has 1 aromatic carbocycles. The second kappa shape index (κ2) is 9.60. The highest BCUT2D eigenvalue weighted by molar-refractivity contribution is 7.06. The third-order valence-corrected chi connectivity index (χ3v) is 5.38. The van der Waals surface area contributed by atoms with Gasteiger partial charge in [-0.05, 0) is 54.7 Å². The van der Waals surface area contributed by atoms with Crippen LogP contribution in [-0.2, 0) is 24.0 Å². The Bertz CT molecular complexity index is 1090. The van der Waals surface area contributed by atoms with Crippen LogP contribution < -0.4 is 9.47 Å². The number of Topliss-reactive ketones (excluding diaryl/α,β-unsaturated/α-hetero) is 1. The van der Waals surface area contributed by atoms with Crippen LogP contribution in [0.4, 0.5) is 22.0 Å². The van der Waals surface area contributed by atoms with Crippen LogP contribution in [0.2, 0.25) is 0 Å². The molecule has 0 fully saturated rings. The van der Waals surface area contributed by atoms with E-state index in [0.717, 1.165) is 12.1 Å². The Hall–Kier alpha value is -3.08. The fourth-order valence-electron chi connectivity index (χ4n) is 2.87.